The van der Waals surface area contributed by atoms with Crippen molar-refractivity contribution in [3.8, 4) is 0 Å². The van der Waals surface area contributed by atoms with Crippen molar-refractivity contribution >= 4 is 11.6 Å². The van der Waals surface area contributed by atoms with Gasteiger partial charge in [-0.15, -0.1) is 0 Å². The Labute approximate surface area is 139 Å². The molecule has 1 amide bonds. The monoisotopic (exact) mass is 334 g/mol. The summed E-state index contributed by atoms with van der Waals surface area (Å²) in [5.74, 6) is -1.48. The van der Waals surface area contributed by atoms with Gasteiger partial charge < -0.3 is 15.7 Å². The van der Waals surface area contributed by atoms with E-state index in [1.54, 1.807) is 24.3 Å². The molecule has 0 spiro atoms. The molecule has 2 rings (SSSR count). The minimum atomic E-state index is -0.604. The normalized spacial score (nSPS) is 11.8. The summed E-state index contributed by atoms with van der Waals surface area (Å²) in [7, 11) is 0. The van der Waals surface area contributed by atoms with Gasteiger partial charge in [0.05, 0.1) is 12.6 Å². The highest BCUT2D eigenvalue weighted by Gasteiger charge is 2.11. The molecule has 1 atom stereocenters. The minimum Gasteiger partial charge on any atom is -0.394 e. The van der Waals surface area contributed by atoms with Crippen LogP contribution >= 0.6 is 0 Å². The first-order valence-corrected chi connectivity index (χ1v) is 7.73. The van der Waals surface area contributed by atoms with Crippen molar-refractivity contribution in [3.63, 3.8) is 0 Å². The van der Waals surface area contributed by atoms with E-state index in [-0.39, 0.29) is 30.7 Å². The molecule has 1 unspecified atom stereocenters. The maximum atomic E-state index is 13.6. The van der Waals surface area contributed by atoms with Gasteiger partial charge in [-0.2, -0.15) is 0 Å². The molecule has 0 aliphatic carbocycles. The molecular weight excluding hydrogens is 314 g/mol. The van der Waals surface area contributed by atoms with Gasteiger partial charge in [-0.3, -0.25) is 4.79 Å². The lowest BCUT2D eigenvalue weighted by atomic mass is 10.1. The Morgan fingerprint density at radius 1 is 1.12 bits per heavy atom. The minimum absolute atomic E-state index is 0.00642. The Balaban J connectivity index is 1.98. The molecule has 2 aromatic rings. The van der Waals surface area contributed by atoms with E-state index in [1.807, 2.05) is 6.92 Å². The molecular formula is C18H20F2N2O2. The van der Waals surface area contributed by atoms with Crippen molar-refractivity contribution in [1.29, 1.82) is 0 Å². The van der Waals surface area contributed by atoms with Crippen molar-refractivity contribution in [1.82, 2.24) is 5.32 Å². The van der Waals surface area contributed by atoms with E-state index in [2.05, 4.69) is 10.6 Å². The van der Waals surface area contributed by atoms with Gasteiger partial charge >= 0.3 is 0 Å². The zero-order valence-electron chi connectivity index (χ0n) is 13.4. The second kappa shape index (κ2) is 8.40. The lowest BCUT2D eigenvalue weighted by molar-refractivity contribution is 0.0915. The van der Waals surface area contributed by atoms with Crippen LogP contribution in [0.25, 0.3) is 0 Å². The molecule has 4 nitrogen and oxygen atoms in total. The highest BCUT2D eigenvalue weighted by Crippen LogP contribution is 2.16. The van der Waals surface area contributed by atoms with Crippen LogP contribution in [0.4, 0.5) is 14.5 Å². The quantitative estimate of drug-likeness (QED) is 0.729. The van der Waals surface area contributed by atoms with Crippen molar-refractivity contribution in [2.45, 2.75) is 25.9 Å². The Morgan fingerprint density at radius 2 is 1.75 bits per heavy atom. The van der Waals surface area contributed by atoms with Crippen molar-refractivity contribution < 1.29 is 18.7 Å². The molecule has 0 bridgehead atoms. The Morgan fingerprint density at radius 3 is 2.29 bits per heavy atom. The van der Waals surface area contributed by atoms with Gasteiger partial charge in [-0.1, -0.05) is 13.0 Å². The number of aliphatic hydroxyl groups excluding tert-OH is 1. The zero-order chi connectivity index (χ0) is 17.5. The summed E-state index contributed by atoms with van der Waals surface area (Å²) in [4.78, 5) is 12.0. The van der Waals surface area contributed by atoms with E-state index in [1.165, 1.54) is 18.2 Å². The van der Waals surface area contributed by atoms with Crippen LogP contribution in [0, 0.1) is 11.6 Å². The molecule has 0 radical (unpaired) electrons. The predicted octanol–water partition coefficient (Wildman–Crippen LogP) is 3.08. The van der Waals surface area contributed by atoms with Crippen LogP contribution in [0.5, 0.6) is 0 Å². The standard InChI is InChI=1S/C18H20F2N2O2/c1-2-13(11-23)22-18(24)12-6-8-14(9-7-12)21-10-15-16(19)4-3-5-17(15)20/h3-9,13,21,23H,2,10-11H2,1H3,(H,22,24). The summed E-state index contributed by atoms with van der Waals surface area (Å²) < 4.78 is 27.1. The third kappa shape index (κ3) is 4.52. The largest absolute Gasteiger partial charge is 0.394 e. The smallest absolute Gasteiger partial charge is 0.251 e. The van der Waals surface area contributed by atoms with Crippen LogP contribution in [-0.2, 0) is 6.54 Å². The topological polar surface area (TPSA) is 61.4 Å². The highest BCUT2D eigenvalue weighted by molar-refractivity contribution is 5.94. The fourth-order valence-corrected chi connectivity index (χ4v) is 2.18. The number of anilines is 1. The van der Waals surface area contributed by atoms with E-state index in [0.29, 0.717) is 17.7 Å². The number of amides is 1. The molecule has 0 aliphatic heterocycles. The van der Waals surface area contributed by atoms with Gasteiger partial charge in [0.25, 0.3) is 5.91 Å². The molecule has 3 N–H and O–H groups in total. The van der Waals surface area contributed by atoms with Crippen LogP contribution in [-0.4, -0.2) is 23.7 Å². The van der Waals surface area contributed by atoms with Crippen LogP contribution in [0.3, 0.4) is 0 Å². The van der Waals surface area contributed by atoms with E-state index in [9.17, 15) is 13.6 Å². The summed E-state index contributed by atoms with van der Waals surface area (Å²) in [6.07, 6.45) is 0.635. The van der Waals surface area contributed by atoms with Crippen LogP contribution in [0.2, 0.25) is 0 Å². The van der Waals surface area contributed by atoms with Crippen molar-refractivity contribution in [2.75, 3.05) is 11.9 Å². The highest BCUT2D eigenvalue weighted by atomic mass is 19.1. The fraction of sp³-hybridized carbons (Fsp3) is 0.278. The van der Waals surface area contributed by atoms with E-state index in [4.69, 9.17) is 5.11 Å². The molecule has 0 aliphatic rings. The third-order valence-corrected chi connectivity index (χ3v) is 3.73. The summed E-state index contributed by atoms with van der Waals surface area (Å²) in [5, 5.41) is 14.7. The third-order valence-electron chi connectivity index (χ3n) is 3.73. The summed E-state index contributed by atoms with van der Waals surface area (Å²) in [6, 6.07) is 9.99. The van der Waals surface area contributed by atoms with Gasteiger partial charge in [0.15, 0.2) is 0 Å². The number of benzene rings is 2. The number of halogens is 2. The lowest BCUT2D eigenvalue weighted by Gasteiger charge is -2.14. The molecule has 128 valence electrons. The Hall–Kier alpha value is -2.47. The van der Waals surface area contributed by atoms with Gasteiger partial charge in [0.1, 0.15) is 11.6 Å². The van der Waals surface area contributed by atoms with Gasteiger partial charge in [0.2, 0.25) is 0 Å². The van der Waals surface area contributed by atoms with Crippen LogP contribution < -0.4 is 10.6 Å². The summed E-state index contributed by atoms with van der Waals surface area (Å²) >= 11 is 0. The van der Waals surface area contributed by atoms with Crippen LogP contribution in [0.1, 0.15) is 29.3 Å². The average molecular weight is 334 g/mol. The van der Waals surface area contributed by atoms with Crippen molar-refractivity contribution in [2.24, 2.45) is 0 Å². The fourth-order valence-electron chi connectivity index (χ4n) is 2.18. The Kier molecular flexibility index (Phi) is 6.26. The first-order valence-electron chi connectivity index (χ1n) is 7.73. The SMILES string of the molecule is CCC(CO)NC(=O)c1ccc(NCc2c(F)cccc2F)cc1. The number of aliphatic hydroxyl groups is 1. The number of carbonyl (C=O) groups is 1. The predicted molar refractivity (Wildman–Crippen MR) is 88.8 cm³/mol. The summed E-state index contributed by atoms with van der Waals surface area (Å²) in [5.41, 5.74) is 1.06. The second-order valence-corrected chi connectivity index (χ2v) is 5.39. The van der Waals surface area contributed by atoms with E-state index < -0.39 is 11.6 Å². The number of rotatable bonds is 7. The van der Waals surface area contributed by atoms with Gasteiger partial charge in [0, 0.05) is 23.4 Å². The molecule has 0 saturated heterocycles. The molecule has 24 heavy (non-hydrogen) atoms. The maximum absolute atomic E-state index is 13.6. The molecule has 0 aromatic heterocycles. The van der Waals surface area contributed by atoms with Crippen molar-refractivity contribution in [3.05, 3.63) is 65.2 Å². The first-order chi connectivity index (χ1) is 11.5. The Bertz CT molecular complexity index is 666. The second-order valence-electron chi connectivity index (χ2n) is 5.39. The summed E-state index contributed by atoms with van der Waals surface area (Å²) in [6.45, 7) is 1.76. The van der Waals surface area contributed by atoms with Gasteiger partial charge in [-0.05, 0) is 42.8 Å². The molecule has 0 saturated carbocycles. The van der Waals surface area contributed by atoms with Crippen LogP contribution in [0.15, 0.2) is 42.5 Å². The van der Waals surface area contributed by atoms with E-state index in [0.717, 1.165) is 0 Å². The maximum Gasteiger partial charge on any atom is 0.251 e. The number of hydrogen-bond donors (Lipinski definition) is 3. The number of nitrogens with one attached hydrogen (secondary N) is 2. The first kappa shape index (κ1) is 17.9. The van der Waals surface area contributed by atoms with E-state index >= 15 is 0 Å². The zero-order valence-corrected chi connectivity index (χ0v) is 13.4. The number of hydrogen-bond acceptors (Lipinski definition) is 3. The molecule has 6 heteroatoms. The molecule has 0 fully saturated rings. The molecule has 2 aromatic carbocycles. The molecule has 0 heterocycles. The lowest BCUT2D eigenvalue weighted by Crippen LogP contribution is -2.36. The number of carbonyl (C=O) groups excluding carboxylic acids is 1. The van der Waals surface area contributed by atoms with Gasteiger partial charge in [-0.25, -0.2) is 8.78 Å². The average Bonchev–Trinajstić information content (AvgIpc) is 2.59.